The Morgan fingerprint density at radius 2 is 1.93 bits per heavy atom. The molecule has 1 aromatic carbocycles. The molecule has 1 aromatic heterocycles. The number of benzene rings is 1. The molecule has 2 aliphatic heterocycles. The van der Waals surface area contributed by atoms with Crippen LogP contribution in [0.4, 0.5) is 5.69 Å². The third-order valence-corrected chi connectivity index (χ3v) is 6.27. The zero-order chi connectivity index (χ0) is 20.3. The SMILES string of the molecule is O=C(NC1CCC(Oc2cc(N3CCOCC3)cc3ncncc23)CC1)C1COC1.[HH]. The molecule has 0 spiro atoms. The second kappa shape index (κ2) is 8.73. The number of carbonyl (C=O) groups is 1. The molecule has 0 bridgehead atoms. The van der Waals surface area contributed by atoms with E-state index in [1.807, 2.05) is 6.20 Å². The molecule has 0 radical (unpaired) electrons. The average Bonchev–Trinajstić information content (AvgIpc) is 2.74. The van der Waals surface area contributed by atoms with Gasteiger partial charge in [-0.25, -0.2) is 9.97 Å². The molecule has 1 saturated carbocycles. The molecule has 2 saturated heterocycles. The smallest absolute Gasteiger partial charge is 0.228 e. The Morgan fingerprint density at radius 1 is 1.13 bits per heavy atom. The third kappa shape index (κ3) is 4.20. The molecule has 0 atom stereocenters. The highest BCUT2D eigenvalue weighted by Gasteiger charge is 2.30. The number of carbonyl (C=O) groups excluding carboxylic acids is 1. The predicted molar refractivity (Wildman–Crippen MR) is 114 cm³/mol. The van der Waals surface area contributed by atoms with Gasteiger partial charge in [0.25, 0.3) is 0 Å². The molecular formula is C22H30N4O4. The van der Waals surface area contributed by atoms with Crippen LogP contribution in [0.25, 0.3) is 10.9 Å². The number of hydrogen-bond donors (Lipinski definition) is 1. The van der Waals surface area contributed by atoms with Gasteiger partial charge in [0, 0.05) is 38.5 Å². The number of nitrogens with zero attached hydrogens (tertiary/aromatic N) is 3. The van der Waals surface area contributed by atoms with Crippen LogP contribution >= 0.6 is 0 Å². The van der Waals surface area contributed by atoms with Gasteiger partial charge in [0.2, 0.25) is 5.91 Å². The van der Waals surface area contributed by atoms with Crippen LogP contribution in [0.1, 0.15) is 27.1 Å². The van der Waals surface area contributed by atoms with Crippen LogP contribution in [0, 0.1) is 5.92 Å². The number of hydrogen-bond acceptors (Lipinski definition) is 7. The maximum atomic E-state index is 12.2. The first-order valence-electron chi connectivity index (χ1n) is 10.9. The Hall–Kier alpha value is -2.45. The van der Waals surface area contributed by atoms with Gasteiger partial charge in [-0.2, -0.15) is 0 Å². The minimum absolute atomic E-state index is 0. The lowest BCUT2D eigenvalue weighted by atomic mass is 9.92. The highest BCUT2D eigenvalue weighted by molar-refractivity contribution is 5.88. The van der Waals surface area contributed by atoms with Crippen LogP contribution in [-0.2, 0) is 14.3 Å². The predicted octanol–water partition coefficient (Wildman–Crippen LogP) is 2.16. The number of rotatable bonds is 5. The first-order chi connectivity index (χ1) is 14.8. The number of nitrogens with one attached hydrogen (secondary N) is 1. The van der Waals surface area contributed by atoms with Crippen molar-refractivity contribution in [2.45, 2.75) is 37.8 Å². The Kier molecular flexibility index (Phi) is 5.68. The normalized spacial score (nSPS) is 25.0. The van der Waals surface area contributed by atoms with E-state index in [9.17, 15) is 4.79 Å². The highest BCUT2D eigenvalue weighted by Crippen LogP contribution is 2.33. The molecule has 3 aliphatic rings. The topological polar surface area (TPSA) is 85.8 Å². The van der Waals surface area contributed by atoms with Gasteiger partial charge in [-0.3, -0.25) is 4.79 Å². The number of aromatic nitrogens is 2. The summed E-state index contributed by atoms with van der Waals surface area (Å²) in [6, 6.07) is 4.45. The zero-order valence-corrected chi connectivity index (χ0v) is 17.1. The molecule has 1 aliphatic carbocycles. The van der Waals surface area contributed by atoms with Crippen molar-refractivity contribution in [3.63, 3.8) is 0 Å². The molecule has 30 heavy (non-hydrogen) atoms. The summed E-state index contributed by atoms with van der Waals surface area (Å²) in [5.74, 6) is 1.01. The van der Waals surface area contributed by atoms with E-state index in [1.165, 1.54) is 0 Å². The number of amides is 1. The maximum absolute atomic E-state index is 12.2. The van der Waals surface area contributed by atoms with Gasteiger partial charge in [0.1, 0.15) is 12.1 Å². The first-order valence-corrected chi connectivity index (χ1v) is 10.9. The summed E-state index contributed by atoms with van der Waals surface area (Å²) < 4.78 is 17.1. The molecule has 1 N–H and O–H groups in total. The molecule has 8 heteroatoms. The van der Waals surface area contributed by atoms with Gasteiger partial charge in [-0.1, -0.05) is 0 Å². The molecule has 3 heterocycles. The Balaban J connectivity index is 0.00000231. The van der Waals surface area contributed by atoms with Crippen molar-refractivity contribution in [3.05, 3.63) is 24.7 Å². The van der Waals surface area contributed by atoms with E-state index < -0.39 is 0 Å². The Labute approximate surface area is 177 Å². The van der Waals surface area contributed by atoms with Crippen molar-refractivity contribution in [1.82, 2.24) is 15.3 Å². The minimum atomic E-state index is 0. The minimum Gasteiger partial charge on any atom is -0.490 e. The van der Waals surface area contributed by atoms with Crippen molar-refractivity contribution in [2.24, 2.45) is 5.92 Å². The lowest BCUT2D eigenvalue weighted by Crippen LogP contribution is -2.47. The average molecular weight is 415 g/mol. The molecular weight excluding hydrogens is 384 g/mol. The van der Waals surface area contributed by atoms with Crippen LogP contribution in [0.5, 0.6) is 5.75 Å². The van der Waals surface area contributed by atoms with Crippen molar-refractivity contribution in [2.75, 3.05) is 44.4 Å². The van der Waals surface area contributed by atoms with E-state index in [0.29, 0.717) is 13.2 Å². The van der Waals surface area contributed by atoms with Crippen molar-refractivity contribution in [1.29, 1.82) is 0 Å². The first kappa shape index (κ1) is 19.5. The van der Waals surface area contributed by atoms with Crippen molar-refractivity contribution in [3.8, 4) is 5.75 Å². The number of ether oxygens (including phenoxy) is 3. The summed E-state index contributed by atoms with van der Waals surface area (Å²) in [5.41, 5.74) is 2.01. The monoisotopic (exact) mass is 414 g/mol. The second-order valence-corrected chi connectivity index (χ2v) is 8.33. The molecule has 2 aromatic rings. The van der Waals surface area contributed by atoms with Crippen LogP contribution in [0.2, 0.25) is 0 Å². The van der Waals surface area contributed by atoms with Gasteiger partial charge in [-0.15, -0.1) is 0 Å². The van der Waals surface area contributed by atoms with E-state index in [-0.39, 0.29) is 25.4 Å². The van der Waals surface area contributed by atoms with Crippen LogP contribution in [-0.4, -0.2) is 67.5 Å². The molecule has 0 unspecified atom stereocenters. The Morgan fingerprint density at radius 3 is 2.67 bits per heavy atom. The van der Waals surface area contributed by atoms with Gasteiger partial charge < -0.3 is 24.4 Å². The standard InChI is InChI=1S/C22H28N4O4.H2/c27-22(15-12-29-13-15)25-16-1-3-18(4-2-16)30-21-10-17(26-5-7-28-8-6-26)9-20-19(21)11-23-14-24-20;/h9-11,14-16,18H,1-8,12-13H2,(H,25,27);1H. The van der Waals surface area contributed by atoms with E-state index in [4.69, 9.17) is 14.2 Å². The molecule has 5 rings (SSSR count). The largest absolute Gasteiger partial charge is 0.490 e. The summed E-state index contributed by atoms with van der Waals surface area (Å²) in [4.78, 5) is 23.1. The molecule has 8 nitrogen and oxygen atoms in total. The fourth-order valence-corrected chi connectivity index (χ4v) is 4.35. The summed E-state index contributed by atoms with van der Waals surface area (Å²) in [5, 5.41) is 4.11. The number of anilines is 1. The fourth-order valence-electron chi connectivity index (χ4n) is 4.35. The van der Waals surface area contributed by atoms with E-state index >= 15 is 0 Å². The molecule has 1 amide bonds. The van der Waals surface area contributed by atoms with Crippen molar-refractivity contribution >= 4 is 22.5 Å². The van der Waals surface area contributed by atoms with E-state index in [0.717, 1.165) is 74.3 Å². The number of fused-ring (bicyclic) bond motifs is 1. The summed E-state index contributed by atoms with van der Waals surface area (Å²) in [7, 11) is 0. The lowest BCUT2D eigenvalue weighted by molar-refractivity contribution is -0.139. The van der Waals surface area contributed by atoms with Gasteiger partial charge >= 0.3 is 0 Å². The van der Waals surface area contributed by atoms with Crippen molar-refractivity contribution < 1.29 is 20.4 Å². The van der Waals surface area contributed by atoms with E-state index in [1.54, 1.807) is 6.33 Å². The number of morpholine rings is 1. The van der Waals surface area contributed by atoms with Gasteiger partial charge in [0.15, 0.2) is 0 Å². The zero-order valence-electron chi connectivity index (χ0n) is 17.1. The molecule has 162 valence electrons. The van der Waals surface area contributed by atoms with Gasteiger partial charge in [0.05, 0.1) is 49.4 Å². The third-order valence-electron chi connectivity index (χ3n) is 6.27. The lowest BCUT2D eigenvalue weighted by Gasteiger charge is -2.33. The highest BCUT2D eigenvalue weighted by atomic mass is 16.5. The summed E-state index contributed by atoms with van der Waals surface area (Å²) >= 11 is 0. The van der Waals surface area contributed by atoms with Crippen LogP contribution < -0.4 is 15.0 Å². The molecule has 3 fully saturated rings. The quantitative estimate of drug-likeness (QED) is 0.802. The van der Waals surface area contributed by atoms with Crippen LogP contribution in [0.15, 0.2) is 24.7 Å². The Bertz CT molecular complexity index is 896. The van der Waals surface area contributed by atoms with Crippen LogP contribution in [0.3, 0.4) is 0 Å². The fraction of sp³-hybridized carbons (Fsp3) is 0.591. The maximum Gasteiger partial charge on any atom is 0.228 e. The summed E-state index contributed by atoms with van der Waals surface area (Å²) in [6.45, 7) is 4.32. The van der Waals surface area contributed by atoms with E-state index in [2.05, 4.69) is 32.3 Å². The second-order valence-electron chi connectivity index (χ2n) is 8.33. The summed E-state index contributed by atoms with van der Waals surface area (Å²) in [6.07, 6.45) is 7.24. The van der Waals surface area contributed by atoms with Gasteiger partial charge in [-0.05, 0) is 31.7 Å².